The Morgan fingerprint density at radius 3 is 2.40 bits per heavy atom. The summed E-state index contributed by atoms with van der Waals surface area (Å²) in [6.07, 6.45) is -7.57. The Kier molecular flexibility index (Phi) is 5.47. The molecule has 0 bridgehead atoms. The zero-order valence-electron chi connectivity index (χ0n) is 13.7. The third-order valence-electron chi connectivity index (χ3n) is 3.35. The Morgan fingerprint density at radius 1 is 1.28 bits per heavy atom. The predicted molar refractivity (Wildman–Crippen MR) is 85.7 cm³/mol. The molecule has 7 heteroatoms. The van der Waals surface area contributed by atoms with Gasteiger partial charge in [-0.25, -0.2) is 9.37 Å². The van der Waals surface area contributed by atoms with Gasteiger partial charge in [0, 0.05) is 5.56 Å². The van der Waals surface area contributed by atoms with Gasteiger partial charge in [-0.2, -0.15) is 13.2 Å². The minimum Gasteiger partial charge on any atom is -0.487 e. The SMILES string of the molecule is C=C(C)COc1c(C)cc(C(O)C(F)(F)F)nc1-c1ccc(F)cc1. The second-order valence-electron chi connectivity index (χ2n) is 5.74. The molecule has 1 unspecified atom stereocenters. The second-order valence-corrected chi connectivity index (χ2v) is 5.74. The van der Waals surface area contributed by atoms with Crippen LogP contribution >= 0.6 is 0 Å². The van der Waals surface area contributed by atoms with Crippen molar-refractivity contribution in [1.82, 2.24) is 4.98 Å². The van der Waals surface area contributed by atoms with Gasteiger partial charge >= 0.3 is 6.18 Å². The second kappa shape index (κ2) is 7.23. The van der Waals surface area contributed by atoms with Crippen molar-refractivity contribution in [2.45, 2.75) is 26.1 Å². The highest BCUT2D eigenvalue weighted by atomic mass is 19.4. The van der Waals surface area contributed by atoms with E-state index in [-0.39, 0.29) is 18.1 Å². The van der Waals surface area contributed by atoms with Crippen LogP contribution in [-0.2, 0) is 0 Å². The summed E-state index contributed by atoms with van der Waals surface area (Å²) in [7, 11) is 0. The maximum absolute atomic E-state index is 13.1. The average molecular weight is 355 g/mol. The Balaban J connectivity index is 2.59. The first-order valence-electron chi connectivity index (χ1n) is 7.39. The lowest BCUT2D eigenvalue weighted by atomic mass is 10.0. The summed E-state index contributed by atoms with van der Waals surface area (Å²) in [5.74, 6) is -0.232. The standard InChI is InChI=1S/C18H17F4NO2/c1-10(2)9-25-16-11(3)8-14(17(24)18(20,21)22)23-15(16)12-4-6-13(19)7-5-12/h4-8,17,24H,1,9H2,2-3H3. The summed E-state index contributed by atoms with van der Waals surface area (Å²) in [6.45, 7) is 7.15. The monoisotopic (exact) mass is 355 g/mol. The predicted octanol–water partition coefficient (Wildman–Crippen LogP) is 4.75. The summed E-state index contributed by atoms with van der Waals surface area (Å²) in [5.41, 5.74) is 1.00. The van der Waals surface area contributed by atoms with E-state index in [1.54, 1.807) is 13.8 Å². The summed E-state index contributed by atoms with van der Waals surface area (Å²) in [4.78, 5) is 3.93. The average Bonchev–Trinajstić information content (AvgIpc) is 2.52. The van der Waals surface area contributed by atoms with Gasteiger partial charge in [-0.05, 0) is 55.3 Å². The van der Waals surface area contributed by atoms with Crippen molar-refractivity contribution in [3.63, 3.8) is 0 Å². The molecule has 134 valence electrons. The van der Waals surface area contributed by atoms with Crippen molar-refractivity contribution in [1.29, 1.82) is 0 Å². The van der Waals surface area contributed by atoms with Crippen LogP contribution in [0.15, 0.2) is 42.5 Å². The van der Waals surface area contributed by atoms with Crippen molar-refractivity contribution < 1.29 is 27.4 Å². The Labute approximate surface area is 142 Å². The molecule has 0 spiro atoms. The lowest BCUT2D eigenvalue weighted by molar-refractivity contribution is -0.207. The maximum Gasteiger partial charge on any atom is 0.420 e. The van der Waals surface area contributed by atoms with Gasteiger partial charge in [0.15, 0.2) is 6.10 Å². The van der Waals surface area contributed by atoms with E-state index in [4.69, 9.17) is 4.74 Å². The number of alkyl halides is 3. The van der Waals surface area contributed by atoms with Crippen molar-refractivity contribution in [2.75, 3.05) is 6.61 Å². The quantitative estimate of drug-likeness (QED) is 0.622. The molecule has 0 aliphatic rings. The van der Waals surface area contributed by atoms with Gasteiger partial charge in [0.1, 0.15) is 23.9 Å². The minimum absolute atomic E-state index is 0.0968. The molecule has 25 heavy (non-hydrogen) atoms. The highest BCUT2D eigenvalue weighted by Crippen LogP contribution is 2.37. The number of rotatable bonds is 5. The number of aromatic nitrogens is 1. The van der Waals surface area contributed by atoms with Crippen LogP contribution in [0.3, 0.4) is 0 Å². The minimum atomic E-state index is -4.85. The van der Waals surface area contributed by atoms with Crippen LogP contribution in [-0.4, -0.2) is 22.9 Å². The van der Waals surface area contributed by atoms with E-state index in [0.29, 0.717) is 16.7 Å². The molecule has 1 heterocycles. The van der Waals surface area contributed by atoms with Crippen LogP contribution in [0.5, 0.6) is 5.75 Å². The Bertz CT molecular complexity index is 770. The lowest BCUT2D eigenvalue weighted by Gasteiger charge is -2.19. The van der Waals surface area contributed by atoms with Gasteiger partial charge in [-0.1, -0.05) is 6.58 Å². The molecule has 1 N–H and O–H groups in total. The van der Waals surface area contributed by atoms with E-state index >= 15 is 0 Å². The highest BCUT2D eigenvalue weighted by Gasteiger charge is 2.41. The van der Waals surface area contributed by atoms with Crippen molar-refractivity contribution >= 4 is 0 Å². The van der Waals surface area contributed by atoms with Gasteiger partial charge in [0.05, 0.1) is 5.69 Å². The molecule has 0 aliphatic carbocycles. The fraction of sp³-hybridized carbons (Fsp3) is 0.278. The molecule has 0 aliphatic heterocycles. The molecule has 1 atom stereocenters. The van der Waals surface area contributed by atoms with E-state index in [1.807, 2.05) is 0 Å². The fourth-order valence-electron chi connectivity index (χ4n) is 2.18. The van der Waals surface area contributed by atoms with Gasteiger partial charge < -0.3 is 9.84 Å². The number of benzene rings is 1. The topological polar surface area (TPSA) is 42.4 Å². The summed E-state index contributed by atoms with van der Waals surface area (Å²) >= 11 is 0. The normalized spacial score (nSPS) is 12.8. The molecule has 3 nitrogen and oxygen atoms in total. The zero-order valence-corrected chi connectivity index (χ0v) is 13.7. The maximum atomic E-state index is 13.1. The van der Waals surface area contributed by atoms with Crippen LogP contribution in [0.25, 0.3) is 11.3 Å². The molecule has 1 aromatic heterocycles. The van der Waals surface area contributed by atoms with Crippen LogP contribution in [0, 0.1) is 12.7 Å². The first-order chi connectivity index (χ1) is 11.6. The largest absolute Gasteiger partial charge is 0.487 e. The van der Waals surface area contributed by atoms with Gasteiger partial charge in [0.25, 0.3) is 0 Å². The zero-order chi connectivity index (χ0) is 18.8. The van der Waals surface area contributed by atoms with Gasteiger partial charge in [-0.3, -0.25) is 0 Å². The molecule has 0 fully saturated rings. The lowest BCUT2D eigenvalue weighted by Crippen LogP contribution is -2.21. The molecule has 0 amide bonds. The number of nitrogens with zero attached hydrogens (tertiary/aromatic N) is 1. The Hall–Kier alpha value is -2.41. The number of aryl methyl sites for hydroxylation is 1. The van der Waals surface area contributed by atoms with Gasteiger partial charge in [0.2, 0.25) is 0 Å². The van der Waals surface area contributed by atoms with Crippen molar-refractivity contribution in [2.24, 2.45) is 0 Å². The molecule has 0 saturated heterocycles. The number of ether oxygens (including phenoxy) is 1. The summed E-state index contributed by atoms with van der Waals surface area (Å²) in [5, 5.41) is 9.50. The van der Waals surface area contributed by atoms with E-state index in [2.05, 4.69) is 11.6 Å². The fourth-order valence-corrected chi connectivity index (χ4v) is 2.18. The highest BCUT2D eigenvalue weighted by molar-refractivity contribution is 5.68. The molecule has 0 radical (unpaired) electrons. The number of aliphatic hydroxyl groups is 1. The third-order valence-corrected chi connectivity index (χ3v) is 3.35. The van der Waals surface area contributed by atoms with E-state index in [9.17, 15) is 22.7 Å². The smallest absolute Gasteiger partial charge is 0.420 e. The van der Waals surface area contributed by atoms with Crippen LogP contribution < -0.4 is 4.74 Å². The number of halogens is 4. The number of hydrogen-bond donors (Lipinski definition) is 1. The number of pyridine rings is 1. The Morgan fingerprint density at radius 2 is 1.88 bits per heavy atom. The molecule has 0 saturated carbocycles. The first kappa shape index (κ1) is 18.9. The summed E-state index contributed by atoms with van der Waals surface area (Å²) in [6, 6.07) is 6.23. The third kappa shape index (κ3) is 4.57. The van der Waals surface area contributed by atoms with Gasteiger partial charge in [-0.15, -0.1) is 0 Å². The molecular weight excluding hydrogens is 338 g/mol. The van der Waals surface area contributed by atoms with E-state index < -0.39 is 23.8 Å². The number of aliphatic hydroxyl groups excluding tert-OH is 1. The first-order valence-corrected chi connectivity index (χ1v) is 7.39. The molecular formula is C18H17F4NO2. The van der Waals surface area contributed by atoms with Crippen molar-refractivity contribution in [3.8, 4) is 17.0 Å². The molecule has 2 aromatic rings. The molecule has 1 aromatic carbocycles. The van der Waals surface area contributed by atoms with E-state index in [1.165, 1.54) is 24.3 Å². The van der Waals surface area contributed by atoms with Crippen LogP contribution in [0.2, 0.25) is 0 Å². The van der Waals surface area contributed by atoms with E-state index in [0.717, 1.165) is 6.07 Å². The van der Waals surface area contributed by atoms with Crippen LogP contribution in [0.1, 0.15) is 24.3 Å². The van der Waals surface area contributed by atoms with Crippen molar-refractivity contribution in [3.05, 3.63) is 59.6 Å². The number of hydrogen-bond acceptors (Lipinski definition) is 3. The summed E-state index contributed by atoms with van der Waals surface area (Å²) < 4.78 is 57.2. The molecule has 2 rings (SSSR count). The van der Waals surface area contributed by atoms with Crippen LogP contribution in [0.4, 0.5) is 17.6 Å².